The van der Waals surface area contributed by atoms with Crippen molar-refractivity contribution < 1.29 is 23.7 Å². The smallest absolute Gasteiger partial charge is 0.395 e. The molecule has 3 amide bonds. The molecule has 11 heteroatoms. The van der Waals surface area contributed by atoms with Crippen LogP contribution in [0.5, 0.6) is 0 Å². The lowest BCUT2D eigenvalue weighted by Crippen LogP contribution is -2.64. The Labute approximate surface area is 202 Å². The van der Waals surface area contributed by atoms with E-state index in [1.54, 1.807) is 18.2 Å². The molecule has 1 saturated heterocycles. The zero-order valence-electron chi connectivity index (χ0n) is 19.5. The molecule has 1 aromatic heterocycles. The molecule has 4 rings (SSSR count). The number of carbonyl (C=O) groups excluding carboxylic acids is 3. The minimum atomic E-state index is -1.22. The number of carbonyl (C=O) groups is 3. The molecule has 1 aliphatic carbocycles. The molecule has 1 unspecified atom stereocenters. The van der Waals surface area contributed by atoms with Crippen LogP contribution in [0.2, 0.25) is 0 Å². The second-order valence-electron chi connectivity index (χ2n) is 9.11. The van der Waals surface area contributed by atoms with Gasteiger partial charge >= 0.3 is 5.88 Å². The summed E-state index contributed by atoms with van der Waals surface area (Å²) in [5.74, 6) is -2.37. The first kappa shape index (κ1) is 24.4. The Kier molecular flexibility index (Phi) is 7.15. The fourth-order valence-corrected chi connectivity index (χ4v) is 4.70. The topological polar surface area (TPSA) is 152 Å². The number of hydrogen-bond donors (Lipinski definition) is 2. The molecule has 2 aliphatic rings. The van der Waals surface area contributed by atoms with Crippen LogP contribution >= 0.6 is 0 Å². The van der Waals surface area contributed by atoms with Crippen molar-refractivity contribution in [2.75, 3.05) is 13.1 Å². The number of nitrogens with zero attached hydrogens (tertiary/aromatic N) is 3. The number of hydrogen-bond acceptors (Lipinski definition) is 7. The zero-order valence-corrected chi connectivity index (χ0v) is 19.5. The first-order valence-electron chi connectivity index (χ1n) is 11.7. The van der Waals surface area contributed by atoms with Crippen LogP contribution in [-0.2, 0) is 4.79 Å². The third-order valence-electron chi connectivity index (χ3n) is 6.51. The predicted molar refractivity (Wildman–Crippen MR) is 125 cm³/mol. The first-order chi connectivity index (χ1) is 16.7. The lowest BCUT2D eigenvalue weighted by Gasteiger charge is -2.43. The summed E-state index contributed by atoms with van der Waals surface area (Å²) in [6.07, 6.45) is 2.20. The van der Waals surface area contributed by atoms with E-state index in [0.29, 0.717) is 24.8 Å². The van der Waals surface area contributed by atoms with Crippen molar-refractivity contribution in [2.45, 2.75) is 57.3 Å². The van der Waals surface area contributed by atoms with E-state index in [1.807, 2.05) is 13.0 Å². The van der Waals surface area contributed by atoms with E-state index in [9.17, 15) is 24.5 Å². The summed E-state index contributed by atoms with van der Waals surface area (Å²) >= 11 is 0. The van der Waals surface area contributed by atoms with Gasteiger partial charge in [0.05, 0.1) is 6.07 Å². The van der Waals surface area contributed by atoms with Crippen molar-refractivity contribution in [3.8, 4) is 0 Å². The van der Waals surface area contributed by atoms with Gasteiger partial charge in [0.2, 0.25) is 0 Å². The number of aryl methyl sites for hydroxylation is 1. The van der Waals surface area contributed by atoms with Crippen molar-refractivity contribution in [1.29, 1.82) is 0 Å². The Morgan fingerprint density at radius 2 is 1.74 bits per heavy atom. The normalized spacial score (nSPS) is 22.5. The van der Waals surface area contributed by atoms with Crippen LogP contribution in [0.1, 0.15) is 58.6 Å². The summed E-state index contributed by atoms with van der Waals surface area (Å²) in [7, 11) is 0. The van der Waals surface area contributed by atoms with Crippen LogP contribution in [0.3, 0.4) is 0 Å². The standard InChI is InChI=1S/C24H29N5O6/c1-15-4-2-5-16(14-15)23(31)27-12-3-13-28(24(32)19-10-11-20(35-19)29(33)34)22(27)21(30)26-18-8-6-17(25)7-9-18/h2,4-5,10-11,14,17-18,22H,3,6-9,12-13,25H2,1H3,(H,26,30). The van der Waals surface area contributed by atoms with Crippen molar-refractivity contribution in [2.24, 2.45) is 5.73 Å². The molecular formula is C24H29N5O6. The summed E-state index contributed by atoms with van der Waals surface area (Å²) in [5.41, 5.74) is 7.28. The molecule has 0 spiro atoms. The van der Waals surface area contributed by atoms with Crippen LogP contribution < -0.4 is 11.1 Å². The highest BCUT2D eigenvalue weighted by atomic mass is 16.6. The third kappa shape index (κ3) is 5.35. The minimum absolute atomic E-state index is 0.102. The fraction of sp³-hybridized carbons (Fsp3) is 0.458. The molecule has 2 fully saturated rings. The number of benzene rings is 1. The molecule has 2 aromatic rings. The van der Waals surface area contributed by atoms with Crippen LogP contribution in [0.4, 0.5) is 5.88 Å². The maximum atomic E-state index is 13.6. The second kappa shape index (κ2) is 10.3. The Bertz CT molecular complexity index is 1120. The van der Waals surface area contributed by atoms with Gasteiger partial charge < -0.3 is 25.3 Å². The van der Waals surface area contributed by atoms with E-state index in [1.165, 1.54) is 15.9 Å². The molecule has 35 heavy (non-hydrogen) atoms. The molecule has 1 atom stereocenters. The summed E-state index contributed by atoms with van der Waals surface area (Å²) in [6, 6.07) is 9.32. The van der Waals surface area contributed by atoms with E-state index in [2.05, 4.69) is 5.32 Å². The molecule has 1 aliphatic heterocycles. The lowest BCUT2D eigenvalue weighted by molar-refractivity contribution is -0.402. The van der Waals surface area contributed by atoms with E-state index < -0.39 is 28.8 Å². The third-order valence-corrected chi connectivity index (χ3v) is 6.51. The highest BCUT2D eigenvalue weighted by Crippen LogP contribution is 2.25. The molecule has 0 radical (unpaired) electrons. The Hall–Kier alpha value is -3.73. The van der Waals surface area contributed by atoms with Crippen molar-refractivity contribution in [3.05, 3.63) is 63.4 Å². The number of furan rings is 1. The quantitative estimate of drug-likeness (QED) is 0.488. The fourth-order valence-electron chi connectivity index (χ4n) is 4.70. The second-order valence-corrected chi connectivity index (χ2v) is 9.11. The number of nitro groups is 1. The van der Waals surface area contributed by atoms with Gasteiger partial charge in [0.15, 0.2) is 11.9 Å². The highest BCUT2D eigenvalue weighted by molar-refractivity contribution is 6.01. The zero-order chi connectivity index (χ0) is 25.1. The summed E-state index contributed by atoms with van der Waals surface area (Å²) < 4.78 is 5.11. The van der Waals surface area contributed by atoms with Gasteiger partial charge in [0.25, 0.3) is 17.7 Å². The Morgan fingerprint density at radius 3 is 2.37 bits per heavy atom. The van der Waals surface area contributed by atoms with Gasteiger partial charge in [-0.3, -0.25) is 24.5 Å². The molecule has 2 heterocycles. The van der Waals surface area contributed by atoms with Gasteiger partial charge in [-0.2, -0.15) is 0 Å². The first-order valence-corrected chi connectivity index (χ1v) is 11.7. The maximum absolute atomic E-state index is 13.6. The molecular weight excluding hydrogens is 454 g/mol. The van der Waals surface area contributed by atoms with Crippen LogP contribution in [0.15, 0.2) is 40.8 Å². The van der Waals surface area contributed by atoms with Crippen LogP contribution in [0.25, 0.3) is 0 Å². The molecule has 0 bridgehead atoms. The number of amides is 3. The molecule has 11 nitrogen and oxygen atoms in total. The van der Waals surface area contributed by atoms with Gasteiger partial charge in [-0.25, -0.2) is 0 Å². The predicted octanol–water partition coefficient (Wildman–Crippen LogP) is 2.20. The lowest BCUT2D eigenvalue weighted by atomic mass is 9.91. The van der Waals surface area contributed by atoms with E-state index in [4.69, 9.17) is 10.2 Å². The molecule has 186 valence electrons. The Morgan fingerprint density at radius 1 is 1.06 bits per heavy atom. The maximum Gasteiger partial charge on any atom is 0.433 e. The van der Waals surface area contributed by atoms with E-state index in [-0.39, 0.29) is 36.8 Å². The van der Waals surface area contributed by atoms with Crippen LogP contribution in [0, 0.1) is 17.0 Å². The Balaban J connectivity index is 1.64. The van der Waals surface area contributed by atoms with Crippen LogP contribution in [-0.4, -0.2) is 63.8 Å². The SMILES string of the molecule is Cc1cccc(C(=O)N2CCCN(C(=O)c3ccc([N+](=O)[O-])o3)C2C(=O)NC2CCC(N)CC2)c1. The summed E-state index contributed by atoms with van der Waals surface area (Å²) in [6.45, 7) is 2.34. The number of nitrogens with two attached hydrogens (primary N) is 1. The summed E-state index contributed by atoms with van der Waals surface area (Å²) in [5, 5.41) is 14.0. The van der Waals surface area contributed by atoms with Gasteiger partial charge in [-0.15, -0.1) is 0 Å². The van der Waals surface area contributed by atoms with Crippen molar-refractivity contribution >= 4 is 23.6 Å². The molecule has 3 N–H and O–H groups in total. The number of nitrogens with one attached hydrogen (secondary N) is 1. The highest BCUT2D eigenvalue weighted by Gasteiger charge is 2.42. The number of rotatable bonds is 5. The average Bonchev–Trinajstić information content (AvgIpc) is 3.35. The monoisotopic (exact) mass is 483 g/mol. The van der Waals surface area contributed by atoms with Gasteiger partial charge in [-0.1, -0.05) is 17.7 Å². The molecule has 1 aromatic carbocycles. The van der Waals surface area contributed by atoms with Gasteiger partial charge in [0, 0.05) is 30.7 Å². The van der Waals surface area contributed by atoms with Gasteiger partial charge in [0.1, 0.15) is 4.92 Å². The van der Waals surface area contributed by atoms with E-state index in [0.717, 1.165) is 24.5 Å². The van der Waals surface area contributed by atoms with Crippen molar-refractivity contribution in [1.82, 2.24) is 15.1 Å². The largest absolute Gasteiger partial charge is 0.433 e. The van der Waals surface area contributed by atoms with E-state index >= 15 is 0 Å². The van der Waals surface area contributed by atoms with Gasteiger partial charge in [-0.05, 0) is 57.2 Å². The van der Waals surface area contributed by atoms with Crippen molar-refractivity contribution in [3.63, 3.8) is 0 Å². The summed E-state index contributed by atoms with van der Waals surface area (Å²) in [4.78, 5) is 53.3. The molecule has 1 saturated carbocycles. The minimum Gasteiger partial charge on any atom is -0.395 e. The average molecular weight is 484 g/mol.